The van der Waals surface area contributed by atoms with Gasteiger partial charge in [-0.1, -0.05) is 17.3 Å². The van der Waals surface area contributed by atoms with E-state index in [9.17, 15) is 0 Å². The van der Waals surface area contributed by atoms with Crippen LogP contribution in [0.3, 0.4) is 0 Å². The molecule has 8 nitrogen and oxygen atoms in total. The van der Waals surface area contributed by atoms with Crippen LogP contribution in [0.2, 0.25) is 0 Å². The number of anilines is 1. The summed E-state index contributed by atoms with van der Waals surface area (Å²) in [6.45, 7) is 4.26. The first-order chi connectivity index (χ1) is 12.8. The highest BCUT2D eigenvalue weighted by Gasteiger charge is 2.20. The minimum absolute atomic E-state index is 0.581. The second-order valence-electron chi connectivity index (χ2n) is 6.07. The van der Waals surface area contributed by atoms with Gasteiger partial charge in [0, 0.05) is 44.1 Å². The van der Waals surface area contributed by atoms with Gasteiger partial charge in [0.25, 0.3) is 0 Å². The van der Waals surface area contributed by atoms with Crippen LogP contribution in [0.5, 0.6) is 5.75 Å². The van der Waals surface area contributed by atoms with E-state index in [2.05, 4.69) is 29.9 Å². The lowest BCUT2D eigenvalue weighted by atomic mass is 10.2. The third kappa shape index (κ3) is 3.65. The normalized spacial score (nSPS) is 15.2. The zero-order valence-electron chi connectivity index (χ0n) is 14.6. The molecule has 134 valence electrons. The first kappa shape index (κ1) is 16.5. The second-order valence-corrected chi connectivity index (χ2v) is 6.07. The summed E-state index contributed by atoms with van der Waals surface area (Å²) in [5.41, 5.74) is 0.881. The van der Waals surface area contributed by atoms with Crippen LogP contribution in [0.4, 0.5) is 5.82 Å². The fourth-order valence-corrected chi connectivity index (χ4v) is 2.98. The molecule has 0 aliphatic carbocycles. The smallest absolute Gasteiger partial charge is 0.241 e. The third-order valence-electron chi connectivity index (χ3n) is 4.40. The number of benzene rings is 1. The molecule has 3 aromatic rings. The van der Waals surface area contributed by atoms with E-state index in [4.69, 9.17) is 9.26 Å². The number of hydrogen-bond acceptors (Lipinski definition) is 8. The van der Waals surface area contributed by atoms with Crippen molar-refractivity contribution in [1.29, 1.82) is 0 Å². The number of nitrogens with zero attached hydrogens (tertiary/aromatic N) is 6. The summed E-state index contributed by atoms with van der Waals surface area (Å²) in [6.07, 6.45) is 5.21. The largest absolute Gasteiger partial charge is 0.497 e. The van der Waals surface area contributed by atoms with Crippen LogP contribution >= 0.6 is 0 Å². The fraction of sp³-hybridized carbons (Fsp3) is 0.333. The van der Waals surface area contributed by atoms with Crippen molar-refractivity contribution in [3.8, 4) is 17.1 Å². The van der Waals surface area contributed by atoms with Gasteiger partial charge in [0.1, 0.15) is 11.6 Å². The monoisotopic (exact) mass is 352 g/mol. The molecule has 0 N–H and O–H groups in total. The lowest BCUT2D eigenvalue weighted by Gasteiger charge is -2.34. The van der Waals surface area contributed by atoms with Crippen LogP contribution < -0.4 is 9.64 Å². The molecule has 0 unspecified atom stereocenters. The van der Waals surface area contributed by atoms with Gasteiger partial charge in [0.15, 0.2) is 0 Å². The first-order valence-corrected chi connectivity index (χ1v) is 8.52. The predicted octanol–water partition coefficient (Wildman–Crippen LogP) is 1.86. The molecular formula is C18H20N6O2. The summed E-state index contributed by atoms with van der Waals surface area (Å²) in [4.78, 5) is 17.5. The van der Waals surface area contributed by atoms with Crippen LogP contribution in [0.15, 0.2) is 47.4 Å². The van der Waals surface area contributed by atoms with Crippen molar-refractivity contribution in [1.82, 2.24) is 25.0 Å². The van der Waals surface area contributed by atoms with Crippen LogP contribution in [-0.2, 0) is 6.54 Å². The zero-order valence-corrected chi connectivity index (χ0v) is 14.6. The summed E-state index contributed by atoms with van der Waals surface area (Å²) in [7, 11) is 1.64. The summed E-state index contributed by atoms with van der Waals surface area (Å²) in [6, 6.07) is 7.64. The Morgan fingerprint density at radius 3 is 2.81 bits per heavy atom. The van der Waals surface area contributed by atoms with Crippen molar-refractivity contribution in [2.24, 2.45) is 0 Å². The molecule has 1 fully saturated rings. The van der Waals surface area contributed by atoms with Gasteiger partial charge in [-0.2, -0.15) is 4.98 Å². The summed E-state index contributed by atoms with van der Waals surface area (Å²) < 4.78 is 10.7. The molecule has 0 atom stereocenters. The third-order valence-corrected chi connectivity index (χ3v) is 4.40. The van der Waals surface area contributed by atoms with E-state index in [-0.39, 0.29) is 0 Å². The molecule has 4 rings (SSSR count). The maximum atomic E-state index is 5.43. The maximum absolute atomic E-state index is 5.43. The molecule has 1 aliphatic heterocycles. The van der Waals surface area contributed by atoms with Gasteiger partial charge in [-0.05, 0) is 12.1 Å². The topological polar surface area (TPSA) is 80.4 Å². The van der Waals surface area contributed by atoms with Crippen molar-refractivity contribution in [2.75, 3.05) is 38.2 Å². The van der Waals surface area contributed by atoms with Crippen molar-refractivity contribution in [3.63, 3.8) is 0 Å². The highest BCUT2D eigenvalue weighted by molar-refractivity contribution is 5.56. The van der Waals surface area contributed by atoms with E-state index < -0.39 is 0 Å². The Kier molecular flexibility index (Phi) is 4.74. The van der Waals surface area contributed by atoms with Gasteiger partial charge < -0.3 is 14.2 Å². The van der Waals surface area contributed by atoms with Gasteiger partial charge in [-0.25, -0.2) is 4.98 Å². The SMILES string of the molecule is COc1cccc(-c2noc(CN3CCN(c4cnccn4)CC3)n2)c1. The van der Waals surface area contributed by atoms with Gasteiger partial charge >= 0.3 is 0 Å². The van der Waals surface area contributed by atoms with E-state index in [1.165, 1.54) is 0 Å². The number of piperazine rings is 1. The van der Waals surface area contributed by atoms with Crippen LogP contribution in [0.1, 0.15) is 5.89 Å². The lowest BCUT2D eigenvalue weighted by molar-refractivity contribution is 0.215. The fourth-order valence-electron chi connectivity index (χ4n) is 2.98. The van der Waals surface area contributed by atoms with Crippen LogP contribution in [0.25, 0.3) is 11.4 Å². The molecule has 1 saturated heterocycles. The number of methoxy groups -OCH3 is 1. The standard InChI is InChI=1S/C18H20N6O2/c1-25-15-4-2-3-14(11-15)18-21-17(26-22-18)13-23-7-9-24(10-8-23)16-12-19-5-6-20-16/h2-6,11-12H,7-10,13H2,1H3. The Balaban J connectivity index is 1.36. The van der Waals surface area contributed by atoms with Gasteiger partial charge in [-0.15, -0.1) is 0 Å². The Labute approximate surface area is 151 Å². The summed E-state index contributed by atoms with van der Waals surface area (Å²) in [5.74, 6) is 2.90. The number of hydrogen-bond donors (Lipinski definition) is 0. The second kappa shape index (κ2) is 7.49. The Morgan fingerprint density at radius 1 is 1.15 bits per heavy atom. The first-order valence-electron chi connectivity index (χ1n) is 8.52. The molecule has 2 aromatic heterocycles. The van der Waals surface area contributed by atoms with Gasteiger partial charge in [-0.3, -0.25) is 9.88 Å². The molecule has 26 heavy (non-hydrogen) atoms. The van der Waals surface area contributed by atoms with E-state index >= 15 is 0 Å². The lowest BCUT2D eigenvalue weighted by Crippen LogP contribution is -2.46. The quantitative estimate of drug-likeness (QED) is 0.688. The number of rotatable bonds is 5. The molecular weight excluding hydrogens is 332 g/mol. The molecule has 1 aliphatic rings. The molecule has 0 spiro atoms. The molecule has 8 heteroatoms. The van der Waals surface area contributed by atoms with Crippen molar-refractivity contribution >= 4 is 5.82 Å². The minimum atomic E-state index is 0.581. The van der Waals surface area contributed by atoms with Gasteiger partial charge in [0.2, 0.25) is 11.7 Å². The number of ether oxygens (including phenoxy) is 1. The van der Waals surface area contributed by atoms with Crippen molar-refractivity contribution in [2.45, 2.75) is 6.54 Å². The average molecular weight is 352 g/mol. The van der Waals surface area contributed by atoms with Crippen molar-refractivity contribution < 1.29 is 9.26 Å². The van der Waals surface area contributed by atoms with E-state index in [0.29, 0.717) is 18.3 Å². The van der Waals surface area contributed by atoms with E-state index in [0.717, 1.165) is 43.3 Å². The Bertz CT molecular complexity index is 846. The highest BCUT2D eigenvalue weighted by atomic mass is 16.5. The molecule has 0 saturated carbocycles. The molecule has 0 bridgehead atoms. The molecule has 1 aromatic carbocycles. The van der Waals surface area contributed by atoms with Crippen molar-refractivity contribution in [3.05, 3.63) is 48.7 Å². The van der Waals surface area contributed by atoms with Gasteiger partial charge in [0.05, 0.1) is 19.9 Å². The Hall–Kier alpha value is -3.00. The summed E-state index contributed by atoms with van der Waals surface area (Å²) in [5, 5.41) is 4.09. The molecule has 0 amide bonds. The Morgan fingerprint density at radius 2 is 2.04 bits per heavy atom. The predicted molar refractivity (Wildman–Crippen MR) is 95.8 cm³/mol. The van der Waals surface area contributed by atoms with Crippen LogP contribution in [0, 0.1) is 0 Å². The molecule has 3 heterocycles. The molecule has 0 radical (unpaired) electrons. The average Bonchev–Trinajstić information content (AvgIpc) is 3.18. The zero-order chi connectivity index (χ0) is 17.8. The summed E-state index contributed by atoms with van der Waals surface area (Å²) >= 11 is 0. The minimum Gasteiger partial charge on any atom is -0.497 e. The maximum Gasteiger partial charge on any atom is 0.241 e. The highest BCUT2D eigenvalue weighted by Crippen LogP contribution is 2.21. The van der Waals surface area contributed by atoms with Crippen LogP contribution in [-0.4, -0.2) is 58.3 Å². The van der Waals surface area contributed by atoms with E-state index in [1.54, 1.807) is 25.7 Å². The van der Waals surface area contributed by atoms with E-state index in [1.807, 2.05) is 24.3 Å². The number of aromatic nitrogens is 4.